The Bertz CT molecular complexity index is 635. The van der Waals surface area contributed by atoms with Crippen LogP contribution in [0.4, 0.5) is 0 Å². The predicted octanol–water partition coefficient (Wildman–Crippen LogP) is 3.39. The molecular formula is C22H30N2O. The number of amides is 1. The average Bonchev–Trinajstić information content (AvgIpc) is 2.62. The first-order chi connectivity index (χ1) is 12.2. The van der Waals surface area contributed by atoms with Crippen LogP contribution in [0.5, 0.6) is 0 Å². The smallest absolute Gasteiger partial charge is 0.226 e. The summed E-state index contributed by atoms with van der Waals surface area (Å²) in [5.74, 6) is 1.88. The summed E-state index contributed by atoms with van der Waals surface area (Å²) in [4.78, 5) is 13.4. The first kappa shape index (κ1) is 15.9. The van der Waals surface area contributed by atoms with Gasteiger partial charge in [0.25, 0.3) is 0 Å². The molecule has 4 aliphatic carbocycles. The van der Waals surface area contributed by atoms with Crippen molar-refractivity contribution in [3.8, 4) is 0 Å². The standard InChI is InChI=1S/C22H30N2O/c25-20(24-19-6-8-23-9-7-19)22-13-16-10-17(14-22)12-21(11-16,15-22)18-4-2-1-3-5-18/h1-5,16-17,19,23H,6-15H2,(H,24,25). The third kappa shape index (κ3) is 2.63. The molecule has 0 spiro atoms. The Morgan fingerprint density at radius 3 is 2.36 bits per heavy atom. The maximum absolute atomic E-state index is 13.4. The van der Waals surface area contributed by atoms with E-state index in [-0.39, 0.29) is 10.8 Å². The number of rotatable bonds is 3. The zero-order valence-corrected chi connectivity index (χ0v) is 15.1. The fraction of sp³-hybridized carbons (Fsp3) is 0.682. The monoisotopic (exact) mass is 338 g/mol. The van der Waals surface area contributed by atoms with E-state index < -0.39 is 0 Å². The van der Waals surface area contributed by atoms with Crippen molar-refractivity contribution in [1.82, 2.24) is 10.6 Å². The van der Waals surface area contributed by atoms with Gasteiger partial charge in [-0.05, 0) is 87.3 Å². The molecule has 1 aromatic carbocycles. The van der Waals surface area contributed by atoms with E-state index in [1.165, 1.54) is 24.8 Å². The molecular weight excluding hydrogens is 308 g/mol. The third-order valence-electron chi connectivity index (χ3n) is 7.60. The molecule has 3 nitrogen and oxygen atoms in total. The molecule has 134 valence electrons. The van der Waals surface area contributed by atoms with E-state index in [1.807, 2.05) is 0 Å². The van der Waals surface area contributed by atoms with Crippen LogP contribution >= 0.6 is 0 Å². The summed E-state index contributed by atoms with van der Waals surface area (Å²) < 4.78 is 0. The number of hydrogen-bond donors (Lipinski definition) is 2. The van der Waals surface area contributed by atoms with Gasteiger partial charge in [0.1, 0.15) is 0 Å². The summed E-state index contributed by atoms with van der Waals surface area (Å²) >= 11 is 0. The summed E-state index contributed by atoms with van der Waals surface area (Å²) in [6.45, 7) is 2.08. The third-order valence-corrected chi connectivity index (χ3v) is 7.60. The van der Waals surface area contributed by atoms with Gasteiger partial charge in [-0.2, -0.15) is 0 Å². The van der Waals surface area contributed by atoms with Crippen LogP contribution in [0.1, 0.15) is 56.9 Å². The molecule has 0 aromatic heterocycles. The van der Waals surface area contributed by atoms with Crippen LogP contribution in [0, 0.1) is 17.3 Å². The molecule has 4 saturated carbocycles. The highest BCUT2D eigenvalue weighted by Crippen LogP contribution is 2.65. The molecule has 1 saturated heterocycles. The molecule has 25 heavy (non-hydrogen) atoms. The molecule has 6 rings (SSSR count). The minimum Gasteiger partial charge on any atom is -0.353 e. The minimum absolute atomic E-state index is 0.0925. The lowest BCUT2D eigenvalue weighted by atomic mass is 9.42. The second-order valence-electron chi connectivity index (χ2n) is 9.39. The van der Waals surface area contributed by atoms with Crippen LogP contribution in [0.15, 0.2) is 30.3 Å². The number of piperidine rings is 1. The van der Waals surface area contributed by atoms with Gasteiger partial charge in [-0.25, -0.2) is 0 Å². The SMILES string of the molecule is O=C(NC1CCNCC1)C12CC3CC(C1)CC(c1ccccc1)(C3)C2. The van der Waals surface area contributed by atoms with Crippen molar-refractivity contribution < 1.29 is 4.79 Å². The van der Waals surface area contributed by atoms with Crippen LogP contribution in [0.2, 0.25) is 0 Å². The van der Waals surface area contributed by atoms with Gasteiger partial charge in [0.15, 0.2) is 0 Å². The summed E-state index contributed by atoms with van der Waals surface area (Å²) in [6.07, 6.45) is 9.47. The topological polar surface area (TPSA) is 41.1 Å². The predicted molar refractivity (Wildman–Crippen MR) is 99.3 cm³/mol. The first-order valence-electron chi connectivity index (χ1n) is 10.2. The molecule has 0 radical (unpaired) electrons. The highest BCUT2D eigenvalue weighted by atomic mass is 16.2. The van der Waals surface area contributed by atoms with E-state index >= 15 is 0 Å². The van der Waals surface area contributed by atoms with Crippen LogP contribution in [-0.4, -0.2) is 25.0 Å². The fourth-order valence-electron chi connectivity index (χ4n) is 6.96. The van der Waals surface area contributed by atoms with E-state index in [0.717, 1.165) is 57.0 Å². The normalized spacial score (nSPS) is 40.2. The maximum Gasteiger partial charge on any atom is 0.226 e. The van der Waals surface area contributed by atoms with Crippen molar-refractivity contribution >= 4 is 5.91 Å². The molecule has 2 N–H and O–H groups in total. The Labute approximate surface area is 151 Å². The van der Waals surface area contributed by atoms with E-state index in [2.05, 4.69) is 41.0 Å². The number of nitrogens with one attached hydrogen (secondary N) is 2. The maximum atomic E-state index is 13.4. The van der Waals surface area contributed by atoms with Crippen molar-refractivity contribution in [3.63, 3.8) is 0 Å². The van der Waals surface area contributed by atoms with E-state index in [9.17, 15) is 4.79 Å². The summed E-state index contributed by atoms with van der Waals surface area (Å²) in [7, 11) is 0. The minimum atomic E-state index is -0.0925. The molecule has 1 aliphatic heterocycles. The molecule has 1 aromatic rings. The van der Waals surface area contributed by atoms with Crippen LogP contribution in [-0.2, 0) is 10.2 Å². The Morgan fingerprint density at radius 2 is 1.68 bits per heavy atom. The highest BCUT2D eigenvalue weighted by molar-refractivity contribution is 5.83. The number of hydrogen-bond acceptors (Lipinski definition) is 2. The number of carbonyl (C=O) groups is 1. The molecule has 2 unspecified atom stereocenters. The highest BCUT2D eigenvalue weighted by Gasteiger charge is 2.60. The van der Waals surface area contributed by atoms with Gasteiger partial charge >= 0.3 is 0 Å². The zero-order chi connectivity index (χ0) is 16.9. The van der Waals surface area contributed by atoms with Gasteiger partial charge in [0, 0.05) is 6.04 Å². The lowest BCUT2D eigenvalue weighted by Crippen LogP contribution is -2.60. The fourth-order valence-corrected chi connectivity index (χ4v) is 6.96. The Hall–Kier alpha value is -1.35. The van der Waals surface area contributed by atoms with Crippen molar-refractivity contribution in [2.75, 3.05) is 13.1 Å². The molecule has 2 atom stereocenters. The van der Waals surface area contributed by atoms with Crippen molar-refractivity contribution in [1.29, 1.82) is 0 Å². The van der Waals surface area contributed by atoms with Gasteiger partial charge in [-0.3, -0.25) is 4.79 Å². The van der Waals surface area contributed by atoms with E-state index in [1.54, 1.807) is 0 Å². The lowest BCUT2D eigenvalue weighted by molar-refractivity contribution is -0.150. The molecule has 4 bridgehead atoms. The average molecular weight is 338 g/mol. The van der Waals surface area contributed by atoms with E-state index in [0.29, 0.717) is 11.9 Å². The second kappa shape index (κ2) is 5.84. The lowest BCUT2D eigenvalue weighted by Gasteiger charge is -2.61. The van der Waals surface area contributed by atoms with Gasteiger partial charge in [-0.1, -0.05) is 30.3 Å². The zero-order valence-electron chi connectivity index (χ0n) is 15.1. The molecule has 1 amide bonds. The van der Waals surface area contributed by atoms with Crippen LogP contribution in [0.3, 0.4) is 0 Å². The first-order valence-corrected chi connectivity index (χ1v) is 10.2. The largest absolute Gasteiger partial charge is 0.353 e. The molecule has 5 fully saturated rings. The van der Waals surface area contributed by atoms with Gasteiger partial charge < -0.3 is 10.6 Å². The van der Waals surface area contributed by atoms with Crippen LogP contribution in [0.25, 0.3) is 0 Å². The molecule has 5 aliphatic rings. The van der Waals surface area contributed by atoms with Crippen molar-refractivity contribution in [3.05, 3.63) is 35.9 Å². The molecule has 3 heteroatoms. The second-order valence-corrected chi connectivity index (χ2v) is 9.39. The molecule has 1 heterocycles. The van der Waals surface area contributed by atoms with Crippen LogP contribution < -0.4 is 10.6 Å². The summed E-state index contributed by atoms with van der Waals surface area (Å²) in [5, 5.41) is 6.87. The van der Waals surface area contributed by atoms with Crippen molar-refractivity contribution in [2.24, 2.45) is 17.3 Å². The Balaban J connectivity index is 1.43. The van der Waals surface area contributed by atoms with Gasteiger partial charge in [0.05, 0.1) is 5.41 Å². The summed E-state index contributed by atoms with van der Waals surface area (Å²) in [5.41, 5.74) is 1.66. The van der Waals surface area contributed by atoms with Crippen molar-refractivity contribution in [2.45, 2.75) is 62.8 Å². The summed E-state index contributed by atoms with van der Waals surface area (Å²) in [6, 6.07) is 11.5. The Morgan fingerprint density at radius 1 is 1.00 bits per heavy atom. The number of carbonyl (C=O) groups excluding carboxylic acids is 1. The quantitative estimate of drug-likeness (QED) is 0.887. The number of benzene rings is 1. The Kier molecular flexibility index (Phi) is 3.70. The van der Waals surface area contributed by atoms with Gasteiger partial charge in [-0.15, -0.1) is 0 Å². The van der Waals surface area contributed by atoms with Gasteiger partial charge in [0.2, 0.25) is 5.91 Å². The van der Waals surface area contributed by atoms with E-state index in [4.69, 9.17) is 0 Å².